The zero-order chi connectivity index (χ0) is 13.1. The highest BCUT2D eigenvalue weighted by Crippen LogP contribution is 2.19. The summed E-state index contributed by atoms with van der Waals surface area (Å²) in [6.45, 7) is 6.42. The van der Waals surface area contributed by atoms with Crippen LogP contribution in [-0.4, -0.2) is 15.0 Å². The number of nitrogen functional groups attached to an aromatic ring is 1. The van der Waals surface area contributed by atoms with Gasteiger partial charge in [0.25, 0.3) is 0 Å². The Kier molecular flexibility index (Phi) is 3.65. The van der Waals surface area contributed by atoms with Crippen LogP contribution < -0.4 is 5.73 Å². The van der Waals surface area contributed by atoms with Crippen LogP contribution >= 0.6 is 0 Å². The number of nitrogens with two attached hydrogens (primary N) is 1. The van der Waals surface area contributed by atoms with Crippen molar-refractivity contribution >= 4 is 5.82 Å². The maximum absolute atomic E-state index is 5.87. The Morgan fingerprint density at radius 3 is 2.72 bits per heavy atom. The number of hydrogen-bond donors (Lipinski definition) is 1. The average molecular weight is 244 g/mol. The van der Waals surface area contributed by atoms with Crippen molar-refractivity contribution in [3.05, 3.63) is 35.0 Å². The molecule has 4 nitrogen and oxygen atoms in total. The summed E-state index contributed by atoms with van der Waals surface area (Å²) >= 11 is 0. The van der Waals surface area contributed by atoms with E-state index in [4.69, 9.17) is 5.73 Å². The quantitative estimate of drug-likeness (QED) is 0.899. The fourth-order valence-electron chi connectivity index (χ4n) is 2.16. The van der Waals surface area contributed by atoms with E-state index in [1.54, 1.807) is 0 Å². The van der Waals surface area contributed by atoms with E-state index in [0.29, 0.717) is 5.82 Å². The third-order valence-corrected chi connectivity index (χ3v) is 3.24. The van der Waals surface area contributed by atoms with Crippen molar-refractivity contribution in [1.29, 1.82) is 0 Å². The summed E-state index contributed by atoms with van der Waals surface area (Å²) in [4.78, 5) is 0. The predicted octanol–water partition coefficient (Wildman–Crippen LogP) is 2.67. The van der Waals surface area contributed by atoms with Gasteiger partial charge in [0.05, 0.1) is 11.4 Å². The van der Waals surface area contributed by atoms with E-state index >= 15 is 0 Å². The van der Waals surface area contributed by atoms with Crippen molar-refractivity contribution in [3.8, 4) is 5.69 Å². The number of nitrogens with zero attached hydrogens (tertiary/aromatic N) is 3. The molecule has 0 atom stereocenters. The Labute approximate surface area is 108 Å². The van der Waals surface area contributed by atoms with Gasteiger partial charge in [-0.1, -0.05) is 31.5 Å². The minimum absolute atomic E-state index is 0.537. The number of benzene rings is 1. The van der Waals surface area contributed by atoms with Gasteiger partial charge in [0.2, 0.25) is 0 Å². The number of rotatable bonds is 4. The van der Waals surface area contributed by atoms with Crippen LogP contribution in [0.5, 0.6) is 0 Å². The van der Waals surface area contributed by atoms with E-state index in [9.17, 15) is 0 Å². The van der Waals surface area contributed by atoms with Crippen LogP contribution in [0.3, 0.4) is 0 Å². The summed E-state index contributed by atoms with van der Waals surface area (Å²) in [5.74, 6) is 0.537. The molecular formula is C14H20N4. The fraction of sp³-hybridized carbons (Fsp3) is 0.429. The molecule has 96 valence electrons. The summed E-state index contributed by atoms with van der Waals surface area (Å²) in [5.41, 5.74) is 10.6. The van der Waals surface area contributed by atoms with Crippen molar-refractivity contribution in [2.45, 2.75) is 40.0 Å². The molecule has 1 aromatic carbocycles. The third kappa shape index (κ3) is 2.23. The van der Waals surface area contributed by atoms with Gasteiger partial charge in [-0.25, -0.2) is 4.68 Å². The van der Waals surface area contributed by atoms with Gasteiger partial charge in [0.1, 0.15) is 0 Å². The first-order valence-electron chi connectivity index (χ1n) is 6.47. The van der Waals surface area contributed by atoms with Gasteiger partial charge < -0.3 is 5.73 Å². The summed E-state index contributed by atoms with van der Waals surface area (Å²) in [6, 6.07) is 6.37. The lowest BCUT2D eigenvalue weighted by Crippen LogP contribution is -2.04. The standard InChI is InChI=1S/C14H20N4/c1-4-6-13-14(15)16-17-18(13)12-8-7-10(3)11(5-2)9-12/h7-9H,4-6,15H2,1-3H3. The molecule has 0 aliphatic carbocycles. The monoisotopic (exact) mass is 244 g/mol. The van der Waals surface area contributed by atoms with Crippen molar-refractivity contribution in [2.24, 2.45) is 0 Å². The summed E-state index contributed by atoms with van der Waals surface area (Å²) in [5, 5.41) is 8.13. The Morgan fingerprint density at radius 1 is 1.28 bits per heavy atom. The summed E-state index contributed by atoms with van der Waals surface area (Å²) < 4.78 is 1.86. The maximum atomic E-state index is 5.87. The number of aryl methyl sites for hydroxylation is 2. The molecule has 2 rings (SSSR count). The molecule has 0 unspecified atom stereocenters. The first kappa shape index (κ1) is 12.6. The molecule has 2 aromatic rings. The van der Waals surface area contributed by atoms with Gasteiger partial charge in [-0.05, 0) is 43.0 Å². The number of anilines is 1. The van der Waals surface area contributed by atoms with Crippen LogP contribution in [-0.2, 0) is 12.8 Å². The van der Waals surface area contributed by atoms with E-state index < -0.39 is 0 Å². The second-order valence-corrected chi connectivity index (χ2v) is 4.55. The largest absolute Gasteiger partial charge is 0.381 e. The SMILES string of the molecule is CCCc1c(N)nnn1-c1ccc(C)c(CC)c1. The van der Waals surface area contributed by atoms with Crippen LogP contribution in [0, 0.1) is 6.92 Å². The topological polar surface area (TPSA) is 56.7 Å². The van der Waals surface area contributed by atoms with Gasteiger partial charge in [-0.3, -0.25) is 0 Å². The van der Waals surface area contributed by atoms with Gasteiger partial charge in [0.15, 0.2) is 5.82 Å². The highest BCUT2D eigenvalue weighted by Gasteiger charge is 2.11. The molecule has 0 saturated heterocycles. The lowest BCUT2D eigenvalue weighted by molar-refractivity contribution is 0.744. The molecule has 0 fully saturated rings. The molecule has 0 radical (unpaired) electrons. The molecule has 2 N–H and O–H groups in total. The van der Waals surface area contributed by atoms with Gasteiger partial charge in [0, 0.05) is 0 Å². The van der Waals surface area contributed by atoms with Crippen LogP contribution in [0.25, 0.3) is 5.69 Å². The first-order chi connectivity index (χ1) is 8.67. The highest BCUT2D eigenvalue weighted by molar-refractivity contribution is 5.44. The second-order valence-electron chi connectivity index (χ2n) is 4.55. The minimum Gasteiger partial charge on any atom is -0.381 e. The predicted molar refractivity (Wildman–Crippen MR) is 73.9 cm³/mol. The Hall–Kier alpha value is -1.84. The Morgan fingerprint density at radius 2 is 2.06 bits per heavy atom. The molecule has 0 aliphatic rings. The maximum Gasteiger partial charge on any atom is 0.169 e. The lowest BCUT2D eigenvalue weighted by atomic mass is 10.1. The van der Waals surface area contributed by atoms with E-state index in [1.165, 1.54) is 11.1 Å². The van der Waals surface area contributed by atoms with Crippen molar-refractivity contribution in [3.63, 3.8) is 0 Å². The smallest absolute Gasteiger partial charge is 0.169 e. The molecule has 0 aliphatic heterocycles. The van der Waals surface area contributed by atoms with E-state index in [2.05, 4.69) is 49.3 Å². The Bertz CT molecular complexity index is 543. The van der Waals surface area contributed by atoms with Gasteiger partial charge >= 0.3 is 0 Å². The van der Waals surface area contributed by atoms with Crippen LogP contribution in [0.15, 0.2) is 18.2 Å². The average Bonchev–Trinajstić information content (AvgIpc) is 2.73. The minimum atomic E-state index is 0.537. The zero-order valence-corrected chi connectivity index (χ0v) is 11.3. The molecule has 1 aromatic heterocycles. The van der Waals surface area contributed by atoms with E-state index in [1.807, 2.05) is 4.68 Å². The Balaban J connectivity index is 2.48. The highest BCUT2D eigenvalue weighted by atomic mass is 15.4. The molecular weight excluding hydrogens is 224 g/mol. The molecule has 0 saturated carbocycles. The van der Waals surface area contributed by atoms with E-state index in [-0.39, 0.29) is 0 Å². The van der Waals surface area contributed by atoms with Crippen molar-refractivity contribution < 1.29 is 0 Å². The normalized spacial score (nSPS) is 10.8. The molecule has 4 heteroatoms. The zero-order valence-electron chi connectivity index (χ0n) is 11.3. The fourth-order valence-corrected chi connectivity index (χ4v) is 2.16. The third-order valence-electron chi connectivity index (χ3n) is 3.24. The van der Waals surface area contributed by atoms with Crippen LogP contribution in [0.4, 0.5) is 5.82 Å². The number of aromatic nitrogens is 3. The molecule has 1 heterocycles. The van der Waals surface area contributed by atoms with Crippen molar-refractivity contribution in [2.75, 3.05) is 5.73 Å². The van der Waals surface area contributed by atoms with Crippen LogP contribution in [0.2, 0.25) is 0 Å². The number of hydrogen-bond acceptors (Lipinski definition) is 3. The molecule has 18 heavy (non-hydrogen) atoms. The summed E-state index contributed by atoms with van der Waals surface area (Å²) in [7, 11) is 0. The van der Waals surface area contributed by atoms with E-state index in [0.717, 1.165) is 30.6 Å². The second kappa shape index (κ2) is 5.21. The van der Waals surface area contributed by atoms with Crippen molar-refractivity contribution in [1.82, 2.24) is 15.0 Å². The van der Waals surface area contributed by atoms with Gasteiger partial charge in [-0.2, -0.15) is 0 Å². The lowest BCUT2D eigenvalue weighted by Gasteiger charge is -2.09. The molecule has 0 bridgehead atoms. The summed E-state index contributed by atoms with van der Waals surface area (Å²) in [6.07, 6.45) is 2.95. The first-order valence-corrected chi connectivity index (χ1v) is 6.47. The molecule has 0 spiro atoms. The molecule has 0 amide bonds. The van der Waals surface area contributed by atoms with Crippen LogP contribution in [0.1, 0.15) is 37.1 Å². The van der Waals surface area contributed by atoms with Gasteiger partial charge in [-0.15, -0.1) is 5.10 Å².